The molecule has 0 bridgehead atoms. The molecule has 1 heterocycles. The normalized spacial score (nSPS) is 18.1. The third-order valence-corrected chi connectivity index (χ3v) is 9.50. The summed E-state index contributed by atoms with van der Waals surface area (Å²) in [5.41, 5.74) is 0. The summed E-state index contributed by atoms with van der Waals surface area (Å²) >= 11 is 0. The highest BCUT2D eigenvalue weighted by molar-refractivity contribution is 6.73. The molecule has 1 aliphatic rings. The van der Waals surface area contributed by atoms with E-state index in [0.717, 1.165) is 6.61 Å². The van der Waals surface area contributed by atoms with E-state index in [4.69, 9.17) is 4.43 Å². The molecule has 0 amide bonds. The van der Waals surface area contributed by atoms with Gasteiger partial charge in [-0.1, -0.05) is 64.4 Å². The maximum absolute atomic E-state index is 6.41. The molecular weight excluding hydrogens is 260 g/mol. The van der Waals surface area contributed by atoms with Crippen LogP contribution in [0.15, 0.2) is 12.7 Å². The Kier molecular flexibility index (Phi) is 10.4. The first-order valence-electron chi connectivity index (χ1n) is 9.08. The smallest absolute Gasteiger partial charge is 0.192 e. The number of rotatable bonds is 12. The molecule has 0 N–H and O–H groups in total. The zero-order valence-corrected chi connectivity index (χ0v) is 14.8. The Morgan fingerprint density at radius 1 is 0.900 bits per heavy atom. The minimum atomic E-state index is -1.26. The van der Waals surface area contributed by atoms with Crippen LogP contribution in [-0.2, 0) is 4.43 Å². The van der Waals surface area contributed by atoms with Gasteiger partial charge in [-0.15, -0.1) is 6.58 Å². The lowest BCUT2D eigenvalue weighted by Crippen LogP contribution is -2.39. The molecule has 2 heteroatoms. The van der Waals surface area contributed by atoms with E-state index in [0.29, 0.717) is 0 Å². The fourth-order valence-electron chi connectivity index (χ4n) is 3.36. The number of unbranched alkanes of at least 4 members (excludes halogenated alkanes) is 7. The lowest BCUT2D eigenvalue weighted by molar-refractivity contribution is 0.279. The van der Waals surface area contributed by atoms with Gasteiger partial charge in [0.15, 0.2) is 8.32 Å². The second-order valence-corrected chi connectivity index (χ2v) is 10.9. The summed E-state index contributed by atoms with van der Waals surface area (Å²) in [7, 11) is -1.26. The monoisotopic (exact) mass is 296 g/mol. The maximum atomic E-state index is 6.41. The molecule has 118 valence electrons. The minimum absolute atomic E-state index is 1.05. The quantitative estimate of drug-likeness (QED) is 0.228. The van der Waals surface area contributed by atoms with Gasteiger partial charge in [0.1, 0.15) is 0 Å². The Morgan fingerprint density at radius 2 is 1.50 bits per heavy atom. The van der Waals surface area contributed by atoms with Gasteiger partial charge in [-0.05, 0) is 37.4 Å². The fraction of sp³-hybridized carbons (Fsp3) is 0.889. The molecule has 0 spiro atoms. The first-order chi connectivity index (χ1) is 9.83. The van der Waals surface area contributed by atoms with Crippen molar-refractivity contribution < 1.29 is 4.43 Å². The van der Waals surface area contributed by atoms with Gasteiger partial charge in [0.2, 0.25) is 0 Å². The summed E-state index contributed by atoms with van der Waals surface area (Å²) in [6.45, 7) is 7.18. The summed E-state index contributed by atoms with van der Waals surface area (Å²) < 4.78 is 6.41. The Bertz CT molecular complexity index is 234. The highest BCUT2D eigenvalue weighted by Crippen LogP contribution is 2.32. The van der Waals surface area contributed by atoms with Crippen molar-refractivity contribution in [2.75, 3.05) is 6.61 Å². The van der Waals surface area contributed by atoms with E-state index in [9.17, 15) is 0 Å². The number of hydrogen-bond donors (Lipinski definition) is 0. The maximum Gasteiger partial charge on any atom is 0.192 e. The van der Waals surface area contributed by atoms with Crippen molar-refractivity contribution >= 4 is 8.32 Å². The van der Waals surface area contributed by atoms with Crippen molar-refractivity contribution in [1.82, 2.24) is 0 Å². The second-order valence-electron chi connectivity index (χ2n) is 6.50. The zero-order valence-electron chi connectivity index (χ0n) is 13.8. The summed E-state index contributed by atoms with van der Waals surface area (Å²) in [4.78, 5) is 0. The minimum Gasteiger partial charge on any atom is -0.417 e. The summed E-state index contributed by atoms with van der Waals surface area (Å²) in [6.07, 6.45) is 17.1. The van der Waals surface area contributed by atoms with Crippen molar-refractivity contribution in [2.45, 2.75) is 95.7 Å². The van der Waals surface area contributed by atoms with E-state index in [1.807, 2.05) is 6.08 Å². The van der Waals surface area contributed by atoms with Crippen LogP contribution in [0.2, 0.25) is 18.1 Å². The molecule has 0 aromatic heterocycles. The Balaban J connectivity index is 1.92. The van der Waals surface area contributed by atoms with Crippen molar-refractivity contribution in [3.05, 3.63) is 12.7 Å². The molecule has 0 aromatic rings. The Morgan fingerprint density at radius 3 is 2.10 bits per heavy atom. The van der Waals surface area contributed by atoms with Crippen LogP contribution >= 0.6 is 0 Å². The first kappa shape index (κ1) is 18.0. The Labute approximate surface area is 128 Å². The molecule has 0 atom stereocenters. The predicted molar refractivity (Wildman–Crippen MR) is 92.8 cm³/mol. The molecule has 1 rings (SSSR count). The molecular formula is C18H36OSi. The highest BCUT2D eigenvalue weighted by Gasteiger charge is 2.34. The van der Waals surface area contributed by atoms with E-state index in [2.05, 4.69) is 13.5 Å². The van der Waals surface area contributed by atoms with Gasteiger partial charge in [-0.25, -0.2) is 0 Å². The average Bonchev–Trinajstić information content (AvgIpc) is 2.50. The Hall–Kier alpha value is -0.0831. The molecule has 1 aliphatic heterocycles. The van der Waals surface area contributed by atoms with Gasteiger partial charge >= 0.3 is 0 Å². The van der Waals surface area contributed by atoms with Crippen LogP contribution in [0, 0.1) is 0 Å². The summed E-state index contributed by atoms with van der Waals surface area (Å²) in [5, 5.41) is 0. The van der Waals surface area contributed by atoms with Crippen molar-refractivity contribution in [3.63, 3.8) is 0 Å². The van der Waals surface area contributed by atoms with E-state index in [1.54, 1.807) is 0 Å². The van der Waals surface area contributed by atoms with Crippen LogP contribution in [-0.4, -0.2) is 14.9 Å². The lowest BCUT2D eigenvalue weighted by atomic mass is 10.1. The van der Waals surface area contributed by atoms with Crippen molar-refractivity contribution in [1.29, 1.82) is 0 Å². The van der Waals surface area contributed by atoms with Gasteiger partial charge in [-0.3, -0.25) is 0 Å². The van der Waals surface area contributed by atoms with Crippen LogP contribution in [0.1, 0.15) is 77.6 Å². The highest BCUT2D eigenvalue weighted by atomic mass is 28.4. The van der Waals surface area contributed by atoms with Gasteiger partial charge in [-0.2, -0.15) is 0 Å². The van der Waals surface area contributed by atoms with Crippen LogP contribution in [0.25, 0.3) is 0 Å². The van der Waals surface area contributed by atoms with Crippen molar-refractivity contribution in [3.8, 4) is 0 Å². The number of hydrogen-bond acceptors (Lipinski definition) is 1. The standard InChI is InChI=1S/C18H36OSi/c1-3-5-6-7-8-9-10-11-13-16-19-20(4-2)17-14-12-15-18-20/h3H,1,4-18H2,2H3. The van der Waals surface area contributed by atoms with Crippen LogP contribution in [0.5, 0.6) is 0 Å². The third kappa shape index (κ3) is 7.63. The summed E-state index contributed by atoms with van der Waals surface area (Å²) in [6, 6.07) is 4.22. The van der Waals surface area contributed by atoms with Crippen LogP contribution in [0.3, 0.4) is 0 Å². The van der Waals surface area contributed by atoms with Gasteiger partial charge in [0.05, 0.1) is 0 Å². The van der Waals surface area contributed by atoms with Crippen molar-refractivity contribution in [2.24, 2.45) is 0 Å². The molecule has 0 aliphatic carbocycles. The number of allylic oxidation sites excluding steroid dienone is 1. The molecule has 1 saturated heterocycles. The van der Waals surface area contributed by atoms with E-state index >= 15 is 0 Å². The second kappa shape index (κ2) is 11.6. The lowest BCUT2D eigenvalue weighted by Gasteiger charge is -2.34. The third-order valence-electron chi connectivity index (χ3n) is 4.87. The molecule has 0 unspecified atom stereocenters. The average molecular weight is 297 g/mol. The van der Waals surface area contributed by atoms with Gasteiger partial charge < -0.3 is 4.43 Å². The van der Waals surface area contributed by atoms with E-state index < -0.39 is 8.32 Å². The van der Waals surface area contributed by atoms with E-state index in [-0.39, 0.29) is 0 Å². The molecule has 1 fully saturated rings. The first-order valence-corrected chi connectivity index (χ1v) is 11.6. The largest absolute Gasteiger partial charge is 0.417 e. The predicted octanol–water partition coefficient (Wildman–Crippen LogP) is 6.46. The fourth-order valence-corrected chi connectivity index (χ4v) is 7.18. The SMILES string of the molecule is C=CCCCCCCCCCO[Si]1(CC)CCCCC1. The van der Waals surface area contributed by atoms with Gasteiger partial charge in [0.25, 0.3) is 0 Å². The summed E-state index contributed by atoms with van der Waals surface area (Å²) in [5.74, 6) is 0. The zero-order chi connectivity index (χ0) is 14.5. The molecule has 0 saturated carbocycles. The van der Waals surface area contributed by atoms with Gasteiger partial charge in [0, 0.05) is 6.61 Å². The van der Waals surface area contributed by atoms with Crippen LogP contribution in [0.4, 0.5) is 0 Å². The van der Waals surface area contributed by atoms with E-state index in [1.165, 1.54) is 88.8 Å². The molecule has 20 heavy (non-hydrogen) atoms. The van der Waals surface area contributed by atoms with Crippen LogP contribution < -0.4 is 0 Å². The molecule has 0 radical (unpaired) electrons. The topological polar surface area (TPSA) is 9.23 Å². The molecule has 1 nitrogen and oxygen atoms in total. The molecule has 0 aromatic carbocycles.